The number of nitrogens with two attached hydrogens (primary N) is 1. The normalized spacial score (nSPS) is 14.8. The van der Waals surface area contributed by atoms with E-state index in [-0.39, 0.29) is 34.6 Å². The highest BCUT2D eigenvalue weighted by Crippen LogP contribution is 2.31. The van der Waals surface area contributed by atoms with Gasteiger partial charge in [-0.1, -0.05) is 0 Å². The van der Waals surface area contributed by atoms with Crippen molar-refractivity contribution in [2.75, 3.05) is 25.4 Å². The smallest absolute Gasteiger partial charge is 0.422 e. The summed E-state index contributed by atoms with van der Waals surface area (Å²) >= 11 is 0. The summed E-state index contributed by atoms with van der Waals surface area (Å²) < 4.78 is 42.5. The van der Waals surface area contributed by atoms with E-state index < -0.39 is 12.8 Å². The average molecular weight is 355 g/mol. The number of nitrogen functional groups attached to an aromatic ring is 1. The third-order valence-corrected chi connectivity index (χ3v) is 3.77. The highest BCUT2D eigenvalue weighted by atomic mass is 19.4. The van der Waals surface area contributed by atoms with Crippen molar-refractivity contribution >= 4 is 11.9 Å². The SMILES string of the molecule is Nc1n[nH]c(-c2ccc(C(=O)N3CCCC3)cc2OCC(F)(F)F)n1. The number of alkyl halides is 3. The molecule has 1 aliphatic rings. The predicted octanol–water partition coefficient (Wildman–Crippen LogP) is 2.23. The molecule has 2 aromatic rings. The first-order valence-electron chi connectivity index (χ1n) is 7.64. The number of benzene rings is 1. The van der Waals surface area contributed by atoms with Gasteiger partial charge in [0, 0.05) is 18.7 Å². The summed E-state index contributed by atoms with van der Waals surface area (Å²) in [5.74, 6) is -0.236. The number of hydrogen-bond donors (Lipinski definition) is 2. The molecule has 1 aromatic heterocycles. The topological polar surface area (TPSA) is 97.1 Å². The summed E-state index contributed by atoms with van der Waals surface area (Å²) in [6, 6.07) is 4.28. The standard InChI is InChI=1S/C15H16F3N5O2/c16-15(17,18)8-25-11-7-9(13(24)23-5-1-2-6-23)3-4-10(11)12-20-14(19)22-21-12/h3-4,7H,1-2,5-6,8H2,(H3,19,20,21,22). The van der Waals surface area contributed by atoms with Crippen molar-refractivity contribution in [1.29, 1.82) is 0 Å². The van der Waals surface area contributed by atoms with E-state index in [9.17, 15) is 18.0 Å². The van der Waals surface area contributed by atoms with E-state index in [2.05, 4.69) is 15.2 Å². The van der Waals surface area contributed by atoms with Crippen LogP contribution in [0.5, 0.6) is 5.75 Å². The number of carbonyl (C=O) groups is 1. The summed E-state index contributed by atoms with van der Waals surface area (Å²) in [6.45, 7) is -0.207. The van der Waals surface area contributed by atoms with Crippen LogP contribution in [0, 0.1) is 0 Å². The minimum atomic E-state index is -4.51. The molecule has 0 radical (unpaired) electrons. The van der Waals surface area contributed by atoms with E-state index in [1.807, 2.05) is 0 Å². The van der Waals surface area contributed by atoms with Crippen LogP contribution in [0.25, 0.3) is 11.4 Å². The van der Waals surface area contributed by atoms with Gasteiger partial charge in [0.05, 0.1) is 5.56 Å². The number of aromatic nitrogens is 3. The Labute approximate surface area is 141 Å². The predicted molar refractivity (Wildman–Crippen MR) is 82.9 cm³/mol. The van der Waals surface area contributed by atoms with Crippen LogP contribution >= 0.6 is 0 Å². The summed E-state index contributed by atoms with van der Waals surface area (Å²) in [6.07, 6.45) is -2.68. The Balaban J connectivity index is 1.93. The van der Waals surface area contributed by atoms with E-state index in [1.165, 1.54) is 18.2 Å². The van der Waals surface area contributed by atoms with Crippen molar-refractivity contribution in [3.8, 4) is 17.1 Å². The molecule has 1 aromatic carbocycles. The second-order valence-electron chi connectivity index (χ2n) is 5.66. The molecule has 1 amide bonds. The zero-order valence-electron chi connectivity index (χ0n) is 13.1. The number of anilines is 1. The van der Waals surface area contributed by atoms with Crippen LogP contribution in [0.3, 0.4) is 0 Å². The molecular formula is C15H16F3N5O2. The highest BCUT2D eigenvalue weighted by molar-refractivity contribution is 5.95. The second kappa shape index (κ2) is 6.61. The lowest BCUT2D eigenvalue weighted by Crippen LogP contribution is -2.27. The summed E-state index contributed by atoms with van der Waals surface area (Å²) in [4.78, 5) is 18.0. The summed E-state index contributed by atoms with van der Waals surface area (Å²) in [5.41, 5.74) is 5.94. The number of ether oxygens (including phenoxy) is 1. The molecule has 1 saturated heterocycles. The Bertz CT molecular complexity index is 769. The number of nitrogens with zero attached hydrogens (tertiary/aromatic N) is 3. The monoisotopic (exact) mass is 355 g/mol. The molecule has 10 heteroatoms. The first-order valence-corrected chi connectivity index (χ1v) is 7.64. The fraction of sp³-hybridized carbons (Fsp3) is 0.400. The molecule has 2 heterocycles. The van der Waals surface area contributed by atoms with E-state index in [4.69, 9.17) is 10.5 Å². The van der Waals surface area contributed by atoms with Crippen molar-refractivity contribution < 1.29 is 22.7 Å². The maximum absolute atomic E-state index is 12.5. The van der Waals surface area contributed by atoms with Gasteiger partial charge >= 0.3 is 6.18 Å². The van der Waals surface area contributed by atoms with Gasteiger partial charge < -0.3 is 15.4 Å². The second-order valence-corrected chi connectivity index (χ2v) is 5.66. The van der Waals surface area contributed by atoms with E-state index >= 15 is 0 Å². The highest BCUT2D eigenvalue weighted by Gasteiger charge is 2.29. The molecule has 7 nitrogen and oxygen atoms in total. The number of rotatable bonds is 4. The number of carbonyl (C=O) groups excluding carboxylic acids is 1. The minimum Gasteiger partial charge on any atom is -0.483 e. The molecule has 0 saturated carbocycles. The molecule has 0 spiro atoms. The van der Waals surface area contributed by atoms with Crippen LogP contribution < -0.4 is 10.5 Å². The minimum absolute atomic E-state index is 0.0472. The van der Waals surface area contributed by atoms with Crippen LogP contribution in [0.4, 0.5) is 19.1 Å². The first-order chi connectivity index (χ1) is 11.8. The molecule has 0 unspecified atom stereocenters. The molecule has 0 bridgehead atoms. The Hall–Kier alpha value is -2.78. The molecule has 0 atom stereocenters. The van der Waals surface area contributed by atoms with Crippen LogP contribution in [-0.2, 0) is 0 Å². The van der Waals surface area contributed by atoms with Crippen LogP contribution in [0.15, 0.2) is 18.2 Å². The zero-order chi connectivity index (χ0) is 18.0. The first kappa shape index (κ1) is 17.1. The zero-order valence-corrected chi connectivity index (χ0v) is 13.1. The lowest BCUT2D eigenvalue weighted by molar-refractivity contribution is -0.153. The van der Waals surface area contributed by atoms with Gasteiger partial charge in [-0.2, -0.15) is 18.2 Å². The number of hydrogen-bond acceptors (Lipinski definition) is 5. The number of aromatic amines is 1. The van der Waals surface area contributed by atoms with Gasteiger partial charge in [-0.15, -0.1) is 5.10 Å². The number of amides is 1. The summed E-state index contributed by atoms with van der Waals surface area (Å²) in [5, 5.41) is 6.17. The van der Waals surface area contributed by atoms with Crippen molar-refractivity contribution in [2.24, 2.45) is 0 Å². The van der Waals surface area contributed by atoms with Gasteiger partial charge in [0.2, 0.25) is 5.95 Å². The number of halogens is 3. The number of likely N-dealkylation sites (tertiary alicyclic amines) is 1. The van der Waals surface area contributed by atoms with Gasteiger partial charge in [0.25, 0.3) is 5.91 Å². The quantitative estimate of drug-likeness (QED) is 0.877. The van der Waals surface area contributed by atoms with E-state index in [1.54, 1.807) is 4.90 Å². The molecule has 3 rings (SSSR count). The molecule has 3 N–H and O–H groups in total. The van der Waals surface area contributed by atoms with Crippen molar-refractivity contribution in [3.05, 3.63) is 23.8 Å². The fourth-order valence-electron chi connectivity index (χ4n) is 2.63. The fourth-order valence-corrected chi connectivity index (χ4v) is 2.63. The molecule has 0 aliphatic carbocycles. The molecule has 1 aliphatic heterocycles. The third-order valence-electron chi connectivity index (χ3n) is 3.77. The van der Waals surface area contributed by atoms with E-state index in [0.717, 1.165) is 12.8 Å². The van der Waals surface area contributed by atoms with Gasteiger partial charge in [0.1, 0.15) is 5.75 Å². The molecule has 134 valence electrons. The third kappa shape index (κ3) is 4.01. The van der Waals surface area contributed by atoms with Crippen molar-refractivity contribution in [2.45, 2.75) is 19.0 Å². The number of H-pyrrole nitrogens is 1. The maximum atomic E-state index is 12.5. The summed E-state index contributed by atoms with van der Waals surface area (Å²) in [7, 11) is 0. The lowest BCUT2D eigenvalue weighted by atomic mass is 10.1. The molecule has 25 heavy (non-hydrogen) atoms. The van der Waals surface area contributed by atoms with Crippen molar-refractivity contribution in [3.63, 3.8) is 0 Å². The molecule has 1 fully saturated rings. The Kier molecular flexibility index (Phi) is 4.51. The van der Waals surface area contributed by atoms with Crippen LogP contribution in [0.2, 0.25) is 0 Å². The lowest BCUT2D eigenvalue weighted by Gasteiger charge is -2.17. The largest absolute Gasteiger partial charge is 0.483 e. The Morgan fingerprint density at radius 1 is 1.32 bits per heavy atom. The van der Waals surface area contributed by atoms with Gasteiger partial charge in [0.15, 0.2) is 12.4 Å². The Morgan fingerprint density at radius 3 is 2.64 bits per heavy atom. The Morgan fingerprint density at radius 2 is 2.04 bits per heavy atom. The van der Waals surface area contributed by atoms with Crippen LogP contribution in [0.1, 0.15) is 23.2 Å². The van der Waals surface area contributed by atoms with Gasteiger partial charge in [-0.3, -0.25) is 9.89 Å². The molecular weight excluding hydrogens is 339 g/mol. The van der Waals surface area contributed by atoms with Gasteiger partial charge in [-0.25, -0.2) is 0 Å². The van der Waals surface area contributed by atoms with Crippen LogP contribution in [-0.4, -0.2) is 51.9 Å². The van der Waals surface area contributed by atoms with E-state index in [0.29, 0.717) is 13.1 Å². The average Bonchev–Trinajstić information content (AvgIpc) is 3.23. The van der Waals surface area contributed by atoms with Crippen molar-refractivity contribution in [1.82, 2.24) is 20.1 Å². The number of nitrogens with one attached hydrogen (secondary N) is 1. The maximum Gasteiger partial charge on any atom is 0.422 e. The van der Waals surface area contributed by atoms with Gasteiger partial charge in [-0.05, 0) is 31.0 Å².